The molecule has 10 nitrogen and oxygen atoms in total. The summed E-state index contributed by atoms with van der Waals surface area (Å²) in [5.74, 6) is -0.420. The number of carbonyl (C=O) groups is 1. The highest BCUT2D eigenvalue weighted by Crippen LogP contribution is 2.22. The Morgan fingerprint density at radius 3 is 2.21 bits per heavy atom. The van der Waals surface area contributed by atoms with Crippen LogP contribution in [-0.4, -0.2) is 43.6 Å². The molecule has 178 valence electrons. The lowest BCUT2D eigenvalue weighted by molar-refractivity contribution is 0.0977. The van der Waals surface area contributed by atoms with E-state index in [4.69, 9.17) is 44.9 Å². The molecule has 3 N–H and O–H groups in total. The second-order valence-electron chi connectivity index (χ2n) is 6.48. The Bertz CT molecular complexity index is 1300. The van der Waals surface area contributed by atoms with Crippen LogP contribution in [0, 0.1) is 0 Å². The lowest BCUT2D eigenvalue weighted by atomic mass is 10.2. The molecule has 0 fully saturated rings. The van der Waals surface area contributed by atoms with Crippen LogP contribution in [0.25, 0.3) is 0 Å². The molecule has 2 aromatic carbocycles. The van der Waals surface area contributed by atoms with Crippen LogP contribution in [0.15, 0.2) is 53.4 Å². The van der Waals surface area contributed by atoms with Gasteiger partial charge in [0.05, 0.1) is 19.1 Å². The maximum Gasteiger partial charge on any atom is 0.321 e. The normalized spacial score (nSPS) is 10.8. The van der Waals surface area contributed by atoms with Crippen LogP contribution in [0.5, 0.6) is 11.9 Å². The zero-order chi connectivity index (χ0) is 24.9. The van der Waals surface area contributed by atoms with E-state index in [9.17, 15) is 13.2 Å². The van der Waals surface area contributed by atoms with E-state index in [1.807, 2.05) is 0 Å². The number of carbonyl (C=O) groups excluding carboxylic acids is 1. The molecule has 0 aliphatic heterocycles. The van der Waals surface area contributed by atoms with E-state index in [1.54, 1.807) is 0 Å². The van der Waals surface area contributed by atoms with Crippen LogP contribution in [0.1, 0.15) is 10.4 Å². The second-order valence-corrected chi connectivity index (χ2v) is 9.44. The average Bonchev–Trinajstić information content (AvgIpc) is 2.78. The Morgan fingerprint density at radius 2 is 1.62 bits per heavy atom. The highest BCUT2D eigenvalue weighted by atomic mass is 35.5. The van der Waals surface area contributed by atoms with Gasteiger partial charge in [0.1, 0.15) is 0 Å². The molecule has 0 saturated heterocycles. The van der Waals surface area contributed by atoms with E-state index >= 15 is 0 Å². The van der Waals surface area contributed by atoms with E-state index in [1.165, 1.54) is 62.8 Å². The molecule has 1 heterocycles. The number of benzene rings is 2. The van der Waals surface area contributed by atoms with Crippen molar-refractivity contribution in [2.24, 2.45) is 0 Å². The highest BCUT2D eigenvalue weighted by Gasteiger charge is 2.17. The fourth-order valence-corrected chi connectivity index (χ4v) is 4.32. The number of amides is 1. The number of aromatic nitrogens is 2. The Hall–Kier alpha value is -3.19. The van der Waals surface area contributed by atoms with Gasteiger partial charge < -0.3 is 14.8 Å². The first-order valence-corrected chi connectivity index (χ1v) is 11.9. The molecule has 0 saturated carbocycles. The first-order chi connectivity index (χ1) is 16.1. The van der Waals surface area contributed by atoms with Crippen molar-refractivity contribution in [1.82, 2.24) is 15.3 Å². The molecule has 1 amide bonds. The standard InChI is InChI=1S/C20H17Cl2N5O5S2/c1-31-17-10-16(24-19(25-17)32-2)27-34(29,30)15-5-3-14(4-6-15)23-20(33)26-18(28)11-7-12(21)9-13(22)8-11/h3-10H,1-2H3,(H,24,25,27)(H2,23,26,28,33). The predicted octanol–water partition coefficient (Wildman–Crippen LogP) is 3.73. The van der Waals surface area contributed by atoms with Crippen LogP contribution in [0.2, 0.25) is 10.0 Å². The number of anilines is 2. The van der Waals surface area contributed by atoms with Gasteiger partial charge in [0.2, 0.25) is 5.88 Å². The lowest BCUT2D eigenvalue weighted by Gasteiger charge is -2.12. The molecular formula is C20H17Cl2N5O5S2. The number of sulfonamides is 1. The van der Waals surface area contributed by atoms with Gasteiger partial charge in [0.15, 0.2) is 10.9 Å². The summed E-state index contributed by atoms with van der Waals surface area (Å²) in [4.78, 5) is 20.1. The number of nitrogens with one attached hydrogen (secondary N) is 3. The van der Waals surface area contributed by atoms with Gasteiger partial charge in [0.25, 0.3) is 15.9 Å². The van der Waals surface area contributed by atoms with Crippen molar-refractivity contribution >= 4 is 68.0 Å². The van der Waals surface area contributed by atoms with Crippen molar-refractivity contribution < 1.29 is 22.7 Å². The smallest absolute Gasteiger partial charge is 0.321 e. The van der Waals surface area contributed by atoms with Crippen molar-refractivity contribution in [2.75, 3.05) is 24.3 Å². The lowest BCUT2D eigenvalue weighted by Crippen LogP contribution is -2.34. The summed E-state index contributed by atoms with van der Waals surface area (Å²) in [6.45, 7) is 0. The van der Waals surface area contributed by atoms with Crippen molar-refractivity contribution in [3.63, 3.8) is 0 Å². The quantitative estimate of drug-likeness (QED) is 0.382. The van der Waals surface area contributed by atoms with E-state index in [0.29, 0.717) is 15.7 Å². The molecule has 0 radical (unpaired) electrons. The number of halogens is 2. The van der Waals surface area contributed by atoms with E-state index in [0.717, 1.165) is 0 Å². The summed E-state index contributed by atoms with van der Waals surface area (Å²) < 4.78 is 37.7. The summed E-state index contributed by atoms with van der Waals surface area (Å²) in [6.07, 6.45) is 0. The van der Waals surface area contributed by atoms with Gasteiger partial charge in [-0.25, -0.2) is 8.42 Å². The monoisotopic (exact) mass is 541 g/mol. The topological polar surface area (TPSA) is 132 Å². The largest absolute Gasteiger partial charge is 0.481 e. The van der Waals surface area contributed by atoms with Gasteiger partial charge in [-0.2, -0.15) is 9.97 Å². The fraction of sp³-hybridized carbons (Fsp3) is 0.100. The Morgan fingerprint density at radius 1 is 0.971 bits per heavy atom. The summed E-state index contributed by atoms with van der Waals surface area (Å²) in [7, 11) is -1.26. The summed E-state index contributed by atoms with van der Waals surface area (Å²) in [6, 6.07) is 11.3. The molecule has 3 rings (SSSR count). The fourth-order valence-electron chi connectivity index (χ4n) is 2.59. The van der Waals surface area contributed by atoms with E-state index < -0.39 is 15.9 Å². The molecule has 0 spiro atoms. The van der Waals surface area contributed by atoms with Crippen LogP contribution in [-0.2, 0) is 10.0 Å². The van der Waals surface area contributed by atoms with Gasteiger partial charge in [0, 0.05) is 27.4 Å². The maximum absolute atomic E-state index is 12.7. The molecule has 34 heavy (non-hydrogen) atoms. The average molecular weight is 542 g/mol. The van der Waals surface area contributed by atoms with Crippen molar-refractivity contribution in [2.45, 2.75) is 4.90 Å². The number of rotatable bonds is 7. The van der Waals surface area contributed by atoms with Gasteiger partial charge in [-0.05, 0) is 54.7 Å². The second kappa shape index (κ2) is 10.8. The zero-order valence-electron chi connectivity index (χ0n) is 17.6. The number of methoxy groups -OCH3 is 2. The van der Waals surface area contributed by atoms with E-state index in [2.05, 4.69) is 25.3 Å². The van der Waals surface area contributed by atoms with Crippen molar-refractivity contribution in [3.8, 4) is 11.9 Å². The Kier molecular flexibility index (Phi) is 8.10. The first kappa shape index (κ1) is 25.4. The number of nitrogens with zero attached hydrogens (tertiary/aromatic N) is 2. The Balaban J connectivity index is 1.67. The molecule has 0 bridgehead atoms. The number of ether oxygens (including phenoxy) is 2. The Labute approximate surface area is 210 Å². The SMILES string of the molecule is COc1cc(NS(=O)(=O)c2ccc(NC(=S)NC(=O)c3cc(Cl)cc(Cl)c3)cc2)nc(OC)n1. The van der Waals surface area contributed by atoms with Gasteiger partial charge in [-0.3, -0.25) is 14.8 Å². The van der Waals surface area contributed by atoms with E-state index in [-0.39, 0.29) is 33.3 Å². The maximum atomic E-state index is 12.7. The molecule has 1 aromatic heterocycles. The van der Waals surface area contributed by atoms with Gasteiger partial charge in [-0.15, -0.1) is 0 Å². The number of thiocarbonyl (C=S) groups is 1. The molecule has 0 aliphatic rings. The highest BCUT2D eigenvalue weighted by molar-refractivity contribution is 7.92. The molecular weight excluding hydrogens is 525 g/mol. The third-order valence-corrected chi connectivity index (χ3v) is 6.10. The van der Waals surface area contributed by atoms with Gasteiger partial charge >= 0.3 is 6.01 Å². The predicted molar refractivity (Wildman–Crippen MR) is 133 cm³/mol. The van der Waals surface area contributed by atoms with Crippen molar-refractivity contribution in [3.05, 3.63) is 64.1 Å². The molecule has 0 aliphatic carbocycles. The van der Waals surface area contributed by atoms with Crippen LogP contribution < -0.4 is 24.8 Å². The summed E-state index contributed by atoms with van der Waals surface area (Å²) in [5, 5.41) is 5.90. The third kappa shape index (κ3) is 6.67. The first-order valence-electron chi connectivity index (χ1n) is 9.28. The zero-order valence-corrected chi connectivity index (χ0v) is 20.8. The van der Waals surface area contributed by atoms with Crippen LogP contribution in [0.3, 0.4) is 0 Å². The molecule has 0 unspecified atom stereocenters. The minimum Gasteiger partial charge on any atom is -0.481 e. The van der Waals surface area contributed by atoms with Crippen LogP contribution >= 0.6 is 35.4 Å². The van der Waals surface area contributed by atoms with Gasteiger partial charge in [-0.1, -0.05) is 23.2 Å². The molecule has 14 heteroatoms. The minimum absolute atomic E-state index is 0.00462. The third-order valence-electron chi connectivity index (χ3n) is 4.09. The van der Waals surface area contributed by atoms with Crippen molar-refractivity contribution in [1.29, 1.82) is 0 Å². The number of hydrogen-bond acceptors (Lipinski definition) is 8. The summed E-state index contributed by atoms with van der Waals surface area (Å²) >= 11 is 17.0. The number of hydrogen-bond donors (Lipinski definition) is 3. The molecule has 3 aromatic rings. The summed E-state index contributed by atoms with van der Waals surface area (Å²) in [5.41, 5.74) is 0.672. The minimum atomic E-state index is -3.98. The molecule has 0 atom stereocenters. The van der Waals surface area contributed by atoms with Crippen LogP contribution in [0.4, 0.5) is 11.5 Å².